The van der Waals surface area contributed by atoms with Crippen molar-refractivity contribution in [1.29, 1.82) is 0 Å². The van der Waals surface area contributed by atoms with Crippen molar-refractivity contribution >= 4 is 80.9 Å². The third kappa shape index (κ3) is 4.76. The summed E-state index contributed by atoms with van der Waals surface area (Å²) in [4.78, 5) is 2.52. The fraction of sp³-hybridized carbons (Fsp3) is 0.0164. The van der Waals surface area contributed by atoms with Crippen LogP contribution in [0.15, 0.2) is 224 Å². The van der Waals surface area contributed by atoms with Gasteiger partial charge in [0.25, 0.3) is 0 Å². The first-order chi connectivity index (χ1) is 31.3. The Balaban J connectivity index is 1.02. The number of rotatable bonds is 4. The van der Waals surface area contributed by atoms with Gasteiger partial charge in [-0.25, -0.2) is 0 Å². The zero-order valence-corrected chi connectivity index (χ0v) is 35.0. The molecule has 12 aromatic rings. The number of anilines is 3. The number of benzene rings is 11. The van der Waals surface area contributed by atoms with Gasteiger partial charge in [-0.3, -0.25) is 0 Å². The molecule has 14 rings (SSSR count). The summed E-state index contributed by atoms with van der Waals surface area (Å²) in [5.74, 6) is 0. The van der Waals surface area contributed by atoms with Gasteiger partial charge >= 0.3 is 0 Å². The number of hydrogen-bond acceptors (Lipinski definition) is 2. The second-order valence-electron chi connectivity index (χ2n) is 17.1. The molecule has 0 fully saturated rings. The summed E-state index contributed by atoms with van der Waals surface area (Å²) in [5.41, 5.74) is 16.0. The molecule has 0 atom stereocenters. The van der Waals surface area contributed by atoms with Gasteiger partial charge in [-0.05, 0) is 125 Å². The summed E-state index contributed by atoms with van der Waals surface area (Å²) < 4.78 is 2.65. The van der Waals surface area contributed by atoms with Crippen molar-refractivity contribution in [3.8, 4) is 33.4 Å². The molecule has 1 spiro atoms. The van der Waals surface area contributed by atoms with Gasteiger partial charge in [0.1, 0.15) is 0 Å². The first-order valence-corrected chi connectivity index (χ1v) is 22.7. The molecule has 0 unspecified atom stereocenters. The van der Waals surface area contributed by atoms with E-state index in [4.69, 9.17) is 0 Å². The lowest BCUT2D eigenvalue weighted by atomic mass is 9.70. The summed E-state index contributed by atoms with van der Waals surface area (Å²) >= 11 is 1.87. The summed E-state index contributed by atoms with van der Waals surface area (Å²) in [7, 11) is 0. The molecule has 1 heterocycles. The van der Waals surface area contributed by atoms with Gasteiger partial charge in [-0.1, -0.05) is 182 Å². The Morgan fingerprint density at radius 1 is 0.302 bits per heavy atom. The third-order valence-electron chi connectivity index (χ3n) is 14.1. The average molecular weight is 816 g/mol. The van der Waals surface area contributed by atoms with Crippen molar-refractivity contribution in [2.75, 3.05) is 4.90 Å². The fourth-order valence-electron chi connectivity index (χ4n) is 11.5. The van der Waals surface area contributed by atoms with Crippen molar-refractivity contribution < 1.29 is 0 Å². The summed E-state index contributed by atoms with van der Waals surface area (Å²) in [6, 6.07) is 84.1. The average Bonchev–Trinajstić information content (AvgIpc) is 3.99. The molecule has 0 saturated carbocycles. The Morgan fingerprint density at radius 3 is 1.46 bits per heavy atom. The molecule has 0 amide bonds. The van der Waals surface area contributed by atoms with Crippen molar-refractivity contribution in [2.24, 2.45) is 0 Å². The highest BCUT2D eigenvalue weighted by atomic mass is 32.1. The summed E-state index contributed by atoms with van der Waals surface area (Å²) in [6.45, 7) is 0. The molecule has 2 heteroatoms. The van der Waals surface area contributed by atoms with E-state index in [1.165, 1.54) is 114 Å². The van der Waals surface area contributed by atoms with Crippen LogP contribution in [0.5, 0.6) is 0 Å². The maximum absolute atomic E-state index is 2.52. The van der Waals surface area contributed by atoms with Gasteiger partial charge in [0.15, 0.2) is 0 Å². The van der Waals surface area contributed by atoms with Gasteiger partial charge < -0.3 is 4.90 Å². The Hall–Kier alpha value is -7.78. The smallest absolute Gasteiger partial charge is 0.0726 e. The molecule has 1 nitrogen and oxygen atoms in total. The van der Waals surface area contributed by atoms with E-state index in [1.807, 2.05) is 11.3 Å². The predicted molar refractivity (Wildman–Crippen MR) is 268 cm³/mol. The second kappa shape index (κ2) is 13.1. The van der Waals surface area contributed by atoms with Gasteiger partial charge in [0, 0.05) is 37.1 Å². The first kappa shape index (κ1) is 34.9. The minimum Gasteiger partial charge on any atom is -0.310 e. The minimum absolute atomic E-state index is 0.436. The van der Waals surface area contributed by atoms with E-state index in [0.29, 0.717) is 0 Å². The lowest BCUT2D eigenvalue weighted by Crippen LogP contribution is -2.26. The molecule has 1 aromatic heterocycles. The molecule has 292 valence electrons. The van der Waals surface area contributed by atoms with Crippen molar-refractivity contribution in [2.45, 2.75) is 5.41 Å². The number of fused-ring (bicyclic) bond motifs is 19. The SMILES string of the molecule is c1ccc2c(c1)-c1ccccc1C21c2ccccc2-c2c(N(c3ccc(-c4ccc5c(c4)sc4ccccc45)cc3)c3ccc4c5ccccc5c5ccccc5c4c3)cccc21. The van der Waals surface area contributed by atoms with Crippen LogP contribution >= 0.6 is 11.3 Å². The second-order valence-corrected chi connectivity index (χ2v) is 18.2. The number of nitrogens with zero attached hydrogens (tertiary/aromatic N) is 1. The van der Waals surface area contributed by atoms with Crippen LogP contribution in [0.3, 0.4) is 0 Å². The maximum Gasteiger partial charge on any atom is 0.0726 e. The zero-order chi connectivity index (χ0) is 41.2. The Labute approximate surface area is 369 Å². The Bertz CT molecular complexity index is 3790. The van der Waals surface area contributed by atoms with Crippen LogP contribution in [0, 0.1) is 0 Å². The molecular weight excluding hydrogens is 779 g/mol. The monoisotopic (exact) mass is 815 g/mol. The third-order valence-corrected chi connectivity index (χ3v) is 15.2. The molecule has 0 radical (unpaired) electrons. The largest absolute Gasteiger partial charge is 0.310 e. The van der Waals surface area contributed by atoms with Crippen LogP contribution in [0.2, 0.25) is 0 Å². The van der Waals surface area contributed by atoms with Crippen molar-refractivity contribution in [3.05, 3.63) is 247 Å². The quantitative estimate of drug-likeness (QED) is 0.160. The molecule has 0 aliphatic heterocycles. The molecule has 11 aromatic carbocycles. The summed E-state index contributed by atoms with van der Waals surface area (Å²) in [5, 5.41) is 10.3. The standard InChI is InChI=1S/C61H37NS/c1-2-16-44-42(14-1)43-15-3-4-17-45(43)52-37-41(33-35-46(44)52)62(40-31-28-38(29-32-40)39-30-34-50-49-20-8-12-27-58(49)63-59(50)36-39)57-26-13-25-56-60(57)51-21-7-11-24-55(51)61(56)53-22-9-5-18-47(53)48-19-6-10-23-54(48)61/h1-37H. The van der Waals surface area contributed by atoms with E-state index in [-0.39, 0.29) is 0 Å². The van der Waals surface area contributed by atoms with Crippen LogP contribution in [-0.2, 0) is 5.41 Å². The normalized spacial score (nSPS) is 13.2. The molecule has 0 N–H and O–H groups in total. The van der Waals surface area contributed by atoms with E-state index in [0.717, 1.165) is 11.4 Å². The van der Waals surface area contributed by atoms with Crippen LogP contribution in [-0.4, -0.2) is 0 Å². The molecule has 0 bridgehead atoms. The lowest BCUT2D eigenvalue weighted by molar-refractivity contribution is 0.794. The van der Waals surface area contributed by atoms with Crippen LogP contribution < -0.4 is 4.90 Å². The van der Waals surface area contributed by atoms with Crippen molar-refractivity contribution in [1.82, 2.24) is 0 Å². The van der Waals surface area contributed by atoms with Gasteiger partial charge in [0.2, 0.25) is 0 Å². The number of thiophene rings is 1. The molecule has 63 heavy (non-hydrogen) atoms. The predicted octanol–water partition coefficient (Wildman–Crippen LogP) is 17.0. The Kier molecular flexibility index (Phi) is 7.26. The lowest BCUT2D eigenvalue weighted by Gasteiger charge is -2.32. The molecule has 0 saturated heterocycles. The maximum atomic E-state index is 2.52. The van der Waals surface area contributed by atoms with Crippen LogP contribution in [0.25, 0.3) is 85.9 Å². The summed E-state index contributed by atoms with van der Waals surface area (Å²) in [6.07, 6.45) is 0. The fourth-order valence-corrected chi connectivity index (χ4v) is 12.6. The van der Waals surface area contributed by atoms with E-state index in [1.54, 1.807) is 0 Å². The number of hydrogen-bond donors (Lipinski definition) is 0. The topological polar surface area (TPSA) is 3.24 Å². The van der Waals surface area contributed by atoms with E-state index in [2.05, 4.69) is 229 Å². The van der Waals surface area contributed by atoms with Crippen molar-refractivity contribution in [3.63, 3.8) is 0 Å². The highest BCUT2D eigenvalue weighted by Crippen LogP contribution is 2.64. The van der Waals surface area contributed by atoms with Crippen LogP contribution in [0.1, 0.15) is 22.3 Å². The molecular formula is C61H37NS. The van der Waals surface area contributed by atoms with Gasteiger partial charge in [0.05, 0.1) is 11.1 Å². The minimum atomic E-state index is -0.436. The van der Waals surface area contributed by atoms with E-state index < -0.39 is 5.41 Å². The van der Waals surface area contributed by atoms with E-state index >= 15 is 0 Å². The first-order valence-electron chi connectivity index (χ1n) is 21.8. The van der Waals surface area contributed by atoms with Gasteiger partial charge in [-0.15, -0.1) is 11.3 Å². The highest BCUT2D eigenvalue weighted by molar-refractivity contribution is 7.25. The highest BCUT2D eigenvalue weighted by Gasteiger charge is 2.52. The van der Waals surface area contributed by atoms with Crippen LogP contribution in [0.4, 0.5) is 17.1 Å². The zero-order valence-electron chi connectivity index (χ0n) is 34.2. The van der Waals surface area contributed by atoms with Gasteiger partial charge in [-0.2, -0.15) is 0 Å². The van der Waals surface area contributed by atoms with E-state index in [9.17, 15) is 0 Å². The molecule has 2 aliphatic rings. The Morgan fingerprint density at radius 2 is 0.778 bits per heavy atom. The molecule has 2 aliphatic carbocycles.